The number of benzene rings is 1. The Morgan fingerprint density at radius 1 is 1.17 bits per heavy atom. The lowest BCUT2D eigenvalue weighted by Crippen LogP contribution is -2.14. The first-order chi connectivity index (χ1) is 14.4. The first-order valence-electron chi connectivity index (χ1n) is 10.6. The maximum absolute atomic E-state index is 12.6. The number of rotatable bonds is 7. The van der Waals surface area contributed by atoms with Gasteiger partial charge in [-0.15, -0.1) is 0 Å². The number of aliphatic carboxylic acids is 1. The van der Waals surface area contributed by atoms with Crippen molar-refractivity contribution in [3.63, 3.8) is 0 Å². The number of allylic oxidation sites excluding steroid dienone is 1. The van der Waals surface area contributed by atoms with E-state index in [9.17, 15) is 14.7 Å². The van der Waals surface area contributed by atoms with E-state index in [1.54, 1.807) is 12.1 Å². The van der Waals surface area contributed by atoms with Crippen molar-refractivity contribution in [3.05, 3.63) is 74.2 Å². The summed E-state index contributed by atoms with van der Waals surface area (Å²) in [5.41, 5.74) is 3.72. The summed E-state index contributed by atoms with van der Waals surface area (Å²) >= 11 is 6.41. The molecule has 1 aromatic carbocycles. The molecule has 2 aliphatic rings. The quantitative estimate of drug-likeness (QED) is 0.577. The summed E-state index contributed by atoms with van der Waals surface area (Å²) in [4.78, 5) is 26.6. The van der Waals surface area contributed by atoms with Gasteiger partial charge in [0.2, 0.25) is 0 Å². The molecule has 2 aromatic rings. The van der Waals surface area contributed by atoms with Gasteiger partial charge in [-0.1, -0.05) is 48.7 Å². The zero-order valence-electron chi connectivity index (χ0n) is 16.7. The molecule has 0 spiro atoms. The molecule has 1 heterocycles. The summed E-state index contributed by atoms with van der Waals surface area (Å²) in [6, 6.07) is 9.15. The van der Waals surface area contributed by atoms with E-state index in [0.717, 1.165) is 48.1 Å². The number of nitrogens with one attached hydrogen (secondary N) is 1. The fourth-order valence-corrected chi connectivity index (χ4v) is 4.61. The molecule has 5 nitrogen and oxygen atoms in total. The Hall–Kier alpha value is -2.37. The minimum Gasteiger partial charge on any atom is -0.481 e. The van der Waals surface area contributed by atoms with Gasteiger partial charge in [-0.05, 0) is 60.8 Å². The fourth-order valence-electron chi connectivity index (χ4n) is 4.30. The number of aromatic amines is 1. The standard InChI is InChI=1S/C24H26ClNO4/c25-20-12-16(7-8-18(20)22(27)13-23(28)29)19(11-14-3-1-2-4-14)21-10-9-17(15-5-6-15)24(30)26-21/h7-12,14-15,22,27H,1-6,13H2,(H,26,30)(H,28,29)/b19-11+. The van der Waals surface area contributed by atoms with Gasteiger partial charge < -0.3 is 15.2 Å². The smallest absolute Gasteiger partial charge is 0.306 e. The largest absolute Gasteiger partial charge is 0.481 e. The van der Waals surface area contributed by atoms with Crippen molar-refractivity contribution >= 4 is 23.1 Å². The molecule has 2 fully saturated rings. The molecular weight excluding hydrogens is 402 g/mol. The number of hydrogen-bond donors (Lipinski definition) is 3. The molecule has 0 amide bonds. The topological polar surface area (TPSA) is 90.4 Å². The minimum atomic E-state index is -1.16. The molecule has 30 heavy (non-hydrogen) atoms. The molecule has 4 rings (SSSR count). The van der Waals surface area contributed by atoms with E-state index >= 15 is 0 Å². The summed E-state index contributed by atoms with van der Waals surface area (Å²) in [5, 5.41) is 19.4. The molecule has 0 bridgehead atoms. The van der Waals surface area contributed by atoms with Crippen LogP contribution in [0.25, 0.3) is 5.57 Å². The number of hydrogen-bond acceptors (Lipinski definition) is 3. The first kappa shape index (κ1) is 20.9. The average molecular weight is 428 g/mol. The number of aromatic nitrogens is 1. The van der Waals surface area contributed by atoms with Gasteiger partial charge in [0.25, 0.3) is 5.56 Å². The van der Waals surface area contributed by atoms with Crippen LogP contribution < -0.4 is 5.56 Å². The maximum Gasteiger partial charge on any atom is 0.306 e. The van der Waals surface area contributed by atoms with Gasteiger partial charge in [-0.3, -0.25) is 9.59 Å². The van der Waals surface area contributed by atoms with Gasteiger partial charge in [0, 0.05) is 21.9 Å². The third-order valence-corrected chi connectivity index (χ3v) is 6.42. The van der Waals surface area contributed by atoms with Crippen LogP contribution in [0.1, 0.15) is 79.4 Å². The summed E-state index contributed by atoms with van der Waals surface area (Å²) < 4.78 is 0. The summed E-state index contributed by atoms with van der Waals surface area (Å²) in [7, 11) is 0. The van der Waals surface area contributed by atoms with Gasteiger partial charge in [0.15, 0.2) is 0 Å². The van der Waals surface area contributed by atoms with Crippen LogP contribution in [-0.2, 0) is 4.79 Å². The molecule has 158 valence electrons. The monoisotopic (exact) mass is 427 g/mol. The van der Waals surface area contributed by atoms with E-state index in [1.807, 2.05) is 18.2 Å². The number of aliphatic hydroxyl groups excluding tert-OH is 1. The van der Waals surface area contributed by atoms with E-state index in [1.165, 1.54) is 12.8 Å². The Morgan fingerprint density at radius 3 is 2.50 bits per heavy atom. The number of carboxylic acid groups (broad SMARTS) is 1. The molecular formula is C24H26ClNO4. The number of H-pyrrole nitrogens is 1. The molecule has 3 N–H and O–H groups in total. The van der Waals surface area contributed by atoms with Gasteiger partial charge in [0.05, 0.1) is 12.5 Å². The zero-order chi connectivity index (χ0) is 21.3. The molecule has 2 aliphatic carbocycles. The molecule has 6 heteroatoms. The Morgan fingerprint density at radius 2 is 1.90 bits per heavy atom. The van der Waals surface area contributed by atoms with Crippen LogP contribution in [0.5, 0.6) is 0 Å². The van der Waals surface area contributed by atoms with Gasteiger partial charge in [0.1, 0.15) is 0 Å². The van der Waals surface area contributed by atoms with E-state index < -0.39 is 18.5 Å². The maximum atomic E-state index is 12.6. The van der Waals surface area contributed by atoms with Crippen molar-refractivity contribution in [2.45, 2.75) is 57.0 Å². The average Bonchev–Trinajstić information content (AvgIpc) is 3.40. The highest BCUT2D eigenvalue weighted by atomic mass is 35.5. The Labute approximate surface area is 180 Å². The number of halogens is 1. The van der Waals surface area contributed by atoms with E-state index in [0.29, 0.717) is 22.4 Å². The van der Waals surface area contributed by atoms with Gasteiger partial charge in [-0.25, -0.2) is 0 Å². The lowest BCUT2D eigenvalue weighted by molar-refractivity contribution is -0.139. The Bertz CT molecular complexity index is 1030. The third kappa shape index (κ3) is 4.68. The predicted molar refractivity (Wildman–Crippen MR) is 117 cm³/mol. The van der Waals surface area contributed by atoms with Crippen molar-refractivity contribution in [1.29, 1.82) is 0 Å². The lowest BCUT2D eigenvalue weighted by Gasteiger charge is -2.16. The number of carbonyl (C=O) groups is 1. The highest BCUT2D eigenvalue weighted by Crippen LogP contribution is 2.39. The Kier molecular flexibility index (Phi) is 6.11. The van der Waals surface area contributed by atoms with Gasteiger partial charge >= 0.3 is 5.97 Å². The molecule has 1 unspecified atom stereocenters. The van der Waals surface area contributed by atoms with E-state index in [4.69, 9.17) is 16.7 Å². The zero-order valence-corrected chi connectivity index (χ0v) is 17.5. The van der Waals surface area contributed by atoms with Crippen LogP contribution in [0.15, 0.2) is 41.2 Å². The van der Waals surface area contributed by atoms with Crippen LogP contribution in [0.3, 0.4) is 0 Å². The van der Waals surface area contributed by atoms with E-state index in [-0.39, 0.29) is 5.56 Å². The van der Waals surface area contributed by atoms with Crippen LogP contribution in [-0.4, -0.2) is 21.2 Å². The number of pyridine rings is 1. The number of carboxylic acids is 1. The van der Waals surface area contributed by atoms with Crippen molar-refractivity contribution < 1.29 is 15.0 Å². The van der Waals surface area contributed by atoms with Crippen LogP contribution in [0.2, 0.25) is 5.02 Å². The number of aliphatic hydroxyl groups is 1. The van der Waals surface area contributed by atoms with Crippen LogP contribution in [0.4, 0.5) is 0 Å². The van der Waals surface area contributed by atoms with Crippen molar-refractivity contribution in [2.24, 2.45) is 5.92 Å². The Balaban J connectivity index is 1.71. The molecule has 0 radical (unpaired) electrons. The minimum absolute atomic E-state index is 0.0353. The highest BCUT2D eigenvalue weighted by molar-refractivity contribution is 6.31. The fraction of sp³-hybridized carbons (Fsp3) is 0.417. The third-order valence-electron chi connectivity index (χ3n) is 6.09. The van der Waals surface area contributed by atoms with Crippen molar-refractivity contribution in [2.75, 3.05) is 0 Å². The highest BCUT2D eigenvalue weighted by Gasteiger charge is 2.26. The first-order valence-corrected chi connectivity index (χ1v) is 10.9. The van der Waals surface area contributed by atoms with Crippen molar-refractivity contribution in [1.82, 2.24) is 4.98 Å². The second-order valence-corrected chi connectivity index (χ2v) is 8.81. The molecule has 0 aliphatic heterocycles. The van der Waals surface area contributed by atoms with Crippen LogP contribution >= 0.6 is 11.6 Å². The molecule has 2 saturated carbocycles. The van der Waals surface area contributed by atoms with Crippen molar-refractivity contribution in [3.8, 4) is 0 Å². The predicted octanol–water partition coefficient (Wildman–Crippen LogP) is 5.04. The van der Waals surface area contributed by atoms with Gasteiger partial charge in [-0.2, -0.15) is 0 Å². The summed E-state index contributed by atoms with van der Waals surface area (Å²) in [6.07, 6.45) is 7.44. The molecule has 0 saturated heterocycles. The van der Waals surface area contributed by atoms with E-state index in [2.05, 4.69) is 11.1 Å². The normalized spacial score (nSPS) is 18.5. The summed E-state index contributed by atoms with van der Waals surface area (Å²) in [6.45, 7) is 0. The second kappa shape index (κ2) is 8.78. The SMILES string of the molecule is O=C(O)CC(O)c1ccc(/C(=C\C2CCCC2)c2ccc(C3CC3)c(=O)[nH]2)cc1Cl. The molecule has 1 aromatic heterocycles. The lowest BCUT2D eigenvalue weighted by atomic mass is 9.94. The second-order valence-electron chi connectivity index (χ2n) is 8.41. The summed E-state index contributed by atoms with van der Waals surface area (Å²) in [5.74, 6) is -0.255. The molecule has 1 atom stereocenters. The van der Waals surface area contributed by atoms with Crippen LogP contribution in [0, 0.1) is 5.92 Å².